The summed E-state index contributed by atoms with van der Waals surface area (Å²) in [7, 11) is 2.12. The van der Waals surface area contributed by atoms with Crippen molar-refractivity contribution in [2.45, 2.75) is 32.1 Å². The molecular weight excluding hydrogens is 546 g/mol. The van der Waals surface area contributed by atoms with Gasteiger partial charge in [0.1, 0.15) is 18.0 Å². The number of nitrogens with one attached hydrogen (secondary N) is 3. The van der Waals surface area contributed by atoms with Gasteiger partial charge in [-0.25, -0.2) is 25.3 Å². The summed E-state index contributed by atoms with van der Waals surface area (Å²) in [4.78, 5) is 33.6. The van der Waals surface area contributed by atoms with Crippen LogP contribution < -0.4 is 16.2 Å². The Labute approximate surface area is 249 Å². The van der Waals surface area contributed by atoms with Crippen molar-refractivity contribution in [3.05, 3.63) is 77.5 Å². The molecule has 0 amide bonds. The third-order valence-corrected chi connectivity index (χ3v) is 7.69. The number of aromatic nitrogens is 5. The molecule has 0 unspecified atom stereocenters. The van der Waals surface area contributed by atoms with Crippen molar-refractivity contribution in [3.8, 4) is 11.9 Å². The van der Waals surface area contributed by atoms with Gasteiger partial charge in [0.05, 0.1) is 34.1 Å². The lowest BCUT2D eigenvalue weighted by molar-refractivity contribution is 0.0596. The minimum Gasteiger partial charge on any atom is -0.340 e. The number of hydrogen-bond donors (Lipinski definition) is 3. The molecule has 3 aromatic heterocycles. The second kappa shape index (κ2) is 11.7. The zero-order chi connectivity index (χ0) is 30.0. The Balaban J connectivity index is 1.15. The van der Waals surface area contributed by atoms with E-state index in [1.165, 1.54) is 12.5 Å². The average molecular weight is 580 g/mol. The number of hydrazine groups is 1. The number of carbonyl (C=O) groups excluding carboxylic acids is 1. The van der Waals surface area contributed by atoms with Crippen LogP contribution in [0, 0.1) is 25.2 Å². The molecule has 2 fully saturated rings. The van der Waals surface area contributed by atoms with E-state index in [2.05, 4.69) is 59.3 Å². The predicted octanol–water partition coefficient (Wildman–Crippen LogP) is 3.73. The fourth-order valence-electron chi connectivity index (χ4n) is 4.86. The van der Waals surface area contributed by atoms with Gasteiger partial charge in [0.15, 0.2) is 5.82 Å². The van der Waals surface area contributed by atoms with Crippen molar-refractivity contribution < 1.29 is 9.63 Å². The number of hydrogen-bond acceptors (Lipinski definition) is 12. The number of likely N-dealkylation sites (N-methyl/N-ethyl adjacent to an activating group) is 1. The molecule has 4 heterocycles. The van der Waals surface area contributed by atoms with Crippen LogP contribution in [0.1, 0.15) is 40.2 Å². The highest BCUT2D eigenvalue weighted by atomic mass is 16.7. The lowest BCUT2D eigenvalue weighted by atomic mass is 10.0. The minimum absolute atomic E-state index is 0.329. The van der Waals surface area contributed by atoms with Gasteiger partial charge >= 0.3 is 5.97 Å². The molecule has 0 radical (unpaired) electrons. The summed E-state index contributed by atoms with van der Waals surface area (Å²) in [6.07, 6.45) is 4.55. The summed E-state index contributed by atoms with van der Waals surface area (Å²) in [6, 6.07) is 14.9. The Morgan fingerprint density at radius 2 is 1.84 bits per heavy atom. The van der Waals surface area contributed by atoms with Gasteiger partial charge in [-0.1, -0.05) is 6.07 Å². The topological polar surface area (TPSA) is 149 Å². The van der Waals surface area contributed by atoms with Crippen LogP contribution in [0.4, 0.5) is 23.0 Å². The van der Waals surface area contributed by atoms with Crippen LogP contribution in [0.3, 0.4) is 0 Å². The smallest absolute Gasteiger partial charge is 0.340 e. The molecule has 220 valence electrons. The van der Waals surface area contributed by atoms with Gasteiger partial charge in [-0.3, -0.25) is 4.98 Å². The third kappa shape index (κ3) is 6.25. The van der Waals surface area contributed by atoms with Crippen LogP contribution in [0.25, 0.3) is 5.82 Å². The lowest BCUT2D eigenvalue weighted by Gasteiger charge is -2.32. The first-order valence-corrected chi connectivity index (χ1v) is 14.1. The SMILES string of the molecule is Cc1cc(Nc2cc(NOC(=O)c3ccnc(C4(C#N)CC4)c3)ccc2C)n(-c2cc(NN3CCN(C)CC3)ncn2)n1. The normalized spacial score (nSPS) is 16.2. The number of anilines is 4. The van der Waals surface area contributed by atoms with Crippen molar-refractivity contribution in [1.82, 2.24) is 34.6 Å². The summed E-state index contributed by atoms with van der Waals surface area (Å²) in [5, 5.41) is 19.7. The zero-order valence-corrected chi connectivity index (χ0v) is 24.3. The number of pyridine rings is 1. The first-order valence-electron chi connectivity index (χ1n) is 14.1. The van der Waals surface area contributed by atoms with E-state index in [0.717, 1.165) is 61.8 Å². The highest BCUT2D eigenvalue weighted by Gasteiger charge is 2.46. The van der Waals surface area contributed by atoms with Gasteiger partial charge in [0.25, 0.3) is 0 Å². The maximum atomic E-state index is 12.8. The molecule has 13 heteroatoms. The highest BCUT2D eigenvalue weighted by Crippen LogP contribution is 2.46. The van der Waals surface area contributed by atoms with E-state index in [1.807, 2.05) is 44.2 Å². The van der Waals surface area contributed by atoms with Crippen molar-refractivity contribution in [3.63, 3.8) is 0 Å². The van der Waals surface area contributed by atoms with E-state index in [9.17, 15) is 10.1 Å². The van der Waals surface area contributed by atoms with E-state index in [1.54, 1.807) is 16.8 Å². The van der Waals surface area contributed by atoms with Crippen molar-refractivity contribution in [1.29, 1.82) is 5.26 Å². The summed E-state index contributed by atoms with van der Waals surface area (Å²) >= 11 is 0. The number of rotatable bonds is 9. The second-order valence-electron chi connectivity index (χ2n) is 11.0. The van der Waals surface area contributed by atoms with E-state index >= 15 is 0 Å². The van der Waals surface area contributed by atoms with E-state index in [-0.39, 0.29) is 0 Å². The maximum Gasteiger partial charge on any atom is 0.362 e. The molecule has 0 atom stereocenters. The molecule has 1 aliphatic heterocycles. The van der Waals surface area contributed by atoms with Gasteiger partial charge in [0.2, 0.25) is 0 Å². The minimum atomic E-state index is -0.583. The molecule has 0 bridgehead atoms. The highest BCUT2D eigenvalue weighted by molar-refractivity contribution is 5.90. The van der Waals surface area contributed by atoms with Crippen LogP contribution in [0.15, 0.2) is 55.0 Å². The van der Waals surface area contributed by atoms with Gasteiger partial charge in [-0.05, 0) is 63.6 Å². The Hall–Kier alpha value is -5.06. The molecular formula is C30H33N11O2. The van der Waals surface area contributed by atoms with Crippen LogP contribution in [-0.4, -0.2) is 73.8 Å². The molecule has 1 saturated carbocycles. The molecule has 1 aromatic carbocycles. The van der Waals surface area contributed by atoms with Crippen LogP contribution in [0.2, 0.25) is 0 Å². The van der Waals surface area contributed by atoms with E-state index in [0.29, 0.717) is 28.6 Å². The quantitative estimate of drug-likeness (QED) is 0.248. The molecule has 13 nitrogen and oxygen atoms in total. The number of aryl methyl sites for hydroxylation is 2. The number of nitriles is 1. The fourth-order valence-corrected chi connectivity index (χ4v) is 4.86. The fraction of sp³-hybridized carbons (Fsp3) is 0.333. The van der Waals surface area contributed by atoms with Crippen molar-refractivity contribution in [2.24, 2.45) is 0 Å². The lowest BCUT2D eigenvalue weighted by Crippen LogP contribution is -2.47. The molecule has 2 aliphatic rings. The molecule has 0 spiro atoms. The number of carbonyl (C=O) groups is 1. The van der Waals surface area contributed by atoms with Crippen molar-refractivity contribution in [2.75, 3.05) is 49.4 Å². The number of nitrogens with zero attached hydrogens (tertiary/aromatic N) is 8. The van der Waals surface area contributed by atoms with Crippen LogP contribution in [-0.2, 0) is 10.3 Å². The van der Waals surface area contributed by atoms with Crippen LogP contribution >= 0.6 is 0 Å². The van der Waals surface area contributed by atoms with E-state index in [4.69, 9.17) is 4.84 Å². The molecule has 4 aromatic rings. The Morgan fingerprint density at radius 1 is 1.02 bits per heavy atom. The Morgan fingerprint density at radius 3 is 2.60 bits per heavy atom. The third-order valence-electron chi connectivity index (χ3n) is 7.69. The molecule has 6 rings (SSSR count). The average Bonchev–Trinajstić information content (AvgIpc) is 3.74. The maximum absolute atomic E-state index is 12.8. The van der Waals surface area contributed by atoms with Crippen molar-refractivity contribution >= 4 is 29.0 Å². The summed E-state index contributed by atoms with van der Waals surface area (Å²) in [5.41, 5.74) is 9.65. The second-order valence-corrected chi connectivity index (χ2v) is 11.0. The summed E-state index contributed by atoms with van der Waals surface area (Å²) in [5.74, 6) is 1.46. The Kier molecular flexibility index (Phi) is 7.62. The van der Waals surface area contributed by atoms with Gasteiger partial charge < -0.3 is 20.5 Å². The van der Waals surface area contributed by atoms with Gasteiger partial charge in [-0.15, -0.1) is 0 Å². The standard InChI is InChI=1S/C30H33N11O2/c1-20-4-5-23(38-43-29(42)22-6-9-32-25(15-22)30(18-31)7-8-30)16-24(20)35-28-14-21(2)36-41(28)27-17-26(33-19-34-27)37-40-12-10-39(3)11-13-40/h4-6,9,14-17,19,35,38H,7-8,10-13H2,1-3H3,(H,33,34,37). The first-order chi connectivity index (χ1) is 20.8. The van der Waals surface area contributed by atoms with Gasteiger partial charge in [-0.2, -0.15) is 15.0 Å². The molecule has 1 aliphatic carbocycles. The number of piperazine rings is 1. The zero-order valence-electron chi connectivity index (χ0n) is 24.3. The molecule has 43 heavy (non-hydrogen) atoms. The first kappa shape index (κ1) is 28.1. The largest absolute Gasteiger partial charge is 0.362 e. The monoisotopic (exact) mass is 579 g/mol. The number of benzene rings is 1. The predicted molar refractivity (Wildman–Crippen MR) is 161 cm³/mol. The Bertz CT molecular complexity index is 1680. The molecule has 3 N–H and O–H groups in total. The van der Waals surface area contributed by atoms with E-state index < -0.39 is 11.4 Å². The van der Waals surface area contributed by atoms with Crippen LogP contribution in [0.5, 0.6) is 0 Å². The summed E-state index contributed by atoms with van der Waals surface area (Å²) < 4.78 is 1.74. The van der Waals surface area contributed by atoms with Gasteiger partial charge in [0, 0.05) is 50.2 Å². The summed E-state index contributed by atoms with van der Waals surface area (Å²) in [6.45, 7) is 7.66. The molecule has 1 saturated heterocycles.